The summed E-state index contributed by atoms with van der Waals surface area (Å²) in [6, 6.07) is 1.68. The predicted octanol–water partition coefficient (Wildman–Crippen LogP) is 2.21. The lowest BCUT2D eigenvalue weighted by Gasteiger charge is -2.31. The number of nitrogens with zero attached hydrogens (tertiary/aromatic N) is 3. The van der Waals surface area contributed by atoms with E-state index in [4.69, 9.17) is 4.74 Å². The number of hydrogen-bond acceptors (Lipinski definition) is 7. The second kappa shape index (κ2) is 8.72. The van der Waals surface area contributed by atoms with Crippen molar-refractivity contribution in [2.45, 2.75) is 19.8 Å². The van der Waals surface area contributed by atoms with E-state index in [1.165, 1.54) is 29.9 Å². The third-order valence-electron chi connectivity index (χ3n) is 4.23. The first-order valence-electron chi connectivity index (χ1n) is 8.71. The molecule has 0 aliphatic carbocycles. The maximum absolute atomic E-state index is 12.9. The van der Waals surface area contributed by atoms with Gasteiger partial charge in [0, 0.05) is 25.5 Å². The summed E-state index contributed by atoms with van der Waals surface area (Å²) in [7, 11) is 0. The van der Waals surface area contributed by atoms with Crippen LogP contribution < -0.4 is 5.32 Å². The van der Waals surface area contributed by atoms with Crippen molar-refractivity contribution in [3.63, 3.8) is 0 Å². The van der Waals surface area contributed by atoms with E-state index in [2.05, 4.69) is 15.3 Å². The molecule has 2 aromatic rings. The molecule has 1 fully saturated rings. The van der Waals surface area contributed by atoms with Crippen molar-refractivity contribution in [1.82, 2.24) is 14.9 Å². The summed E-state index contributed by atoms with van der Waals surface area (Å²) in [5.41, 5.74) is 0.598. The molecule has 1 unspecified atom stereocenters. The Bertz CT molecular complexity index is 824. The summed E-state index contributed by atoms with van der Waals surface area (Å²) in [4.78, 5) is 47.1. The normalized spacial score (nSPS) is 16.6. The van der Waals surface area contributed by atoms with Crippen LogP contribution in [-0.2, 0) is 9.53 Å². The first kappa shape index (κ1) is 19.0. The van der Waals surface area contributed by atoms with Crippen LogP contribution in [0.2, 0.25) is 0 Å². The Labute approximate surface area is 160 Å². The highest BCUT2D eigenvalue weighted by Gasteiger charge is 2.31. The number of nitrogens with one attached hydrogen (secondary N) is 1. The Morgan fingerprint density at radius 1 is 1.37 bits per heavy atom. The Balaban J connectivity index is 1.70. The average molecular weight is 388 g/mol. The standard InChI is InChI=1S/C18H20N4O4S/c1-2-26-18(25)12-4-3-8-22(11-12)17(24)15-13(5-9-27-15)21-16(23)14-10-19-6-7-20-14/h5-7,9-10,12H,2-4,8,11H2,1H3,(H,21,23). The van der Waals surface area contributed by atoms with E-state index in [0.717, 1.165) is 6.42 Å². The predicted molar refractivity (Wildman–Crippen MR) is 99.6 cm³/mol. The molecular formula is C18H20N4O4S. The van der Waals surface area contributed by atoms with Gasteiger partial charge in [0.1, 0.15) is 10.6 Å². The zero-order chi connectivity index (χ0) is 19.2. The molecule has 2 amide bonds. The van der Waals surface area contributed by atoms with Gasteiger partial charge in [-0.05, 0) is 31.2 Å². The van der Waals surface area contributed by atoms with Gasteiger partial charge in [0.15, 0.2) is 0 Å². The van der Waals surface area contributed by atoms with Crippen LogP contribution in [0.15, 0.2) is 30.0 Å². The van der Waals surface area contributed by atoms with Gasteiger partial charge in [-0.1, -0.05) is 0 Å². The second-order valence-corrected chi connectivity index (χ2v) is 6.97. The van der Waals surface area contributed by atoms with Crippen LogP contribution in [0.3, 0.4) is 0 Å². The van der Waals surface area contributed by atoms with Crippen molar-refractivity contribution in [2.24, 2.45) is 5.92 Å². The lowest BCUT2D eigenvalue weighted by molar-refractivity contribution is -0.149. The number of esters is 1. The third kappa shape index (κ3) is 4.48. The molecule has 1 N–H and O–H groups in total. The van der Waals surface area contributed by atoms with Gasteiger partial charge in [-0.15, -0.1) is 11.3 Å². The molecule has 142 valence electrons. The number of aromatic nitrogens is 2. The molecule has 1 atom stereocenters. The van der Waals surface area contributed by atoms with Gasteiger partial charge in [0.25, 0.3) is 11.8 Å². The summed E-state index contributed by atoms with van der Waals surface area (Å²) < 4.78 is 5.08. The van der Waals surface area contributed by atoms with Crippen LogP contribution in [0, 0.1) is 5.92 Å². The van der Waals surface area contributed by atoms with Crippen LogP contribution in [-0.4, -0.2) is 52.3 Å². The van der Waals surface area contributed by atoms with Gasteiger partial charge >= 0.3 is 5.97 Å². The maximum atomic E-state index is 12.9. The summed E-state index contributed by atoms with van der Waals surface area (Å²) in [6.45, 7) is 2.99. The minimum absolute atomic E-state index is 0.169. The van der Waals surface area contributed by atoms with Crippen LogP contribution in [0.4, 0.5) is 5.69 Å². The fourth-order valence-electron chi connectivity index (χ4n) is 2.93. The Kier molecular flexibility index (Phi) is 6.12. The van der Waals surface area contributed by atoms with E-state index >= 15 is 0 Å². The number of likely N-dealkylation sites (tertiary alicyclic amines) is 1. The van der Waals surface area contributed by atoms with Crippen molar-refractivity contribution in [1.29, 1.82) is 0 Å². The molecule has 1 aliphatic rings. The van der Waals surface area contributed by atoms with Crippen LogP contribution in [0.5, 0.6) is 0 Å². The maximum Gasteiger partial charge on any atom is 0.310 e. The van der Waals surface area contributed by atoms with E-state index < -0.39 is 5.91 Å². The molecule has 3 rings (SSSR count). The fraction of sp³-hybridized carbons (Fsp3) is 0.389. The first-order chi connectivity index (χ1) is 13.1. The van der Waals surface area contributed by atoms with Crippen molar-refractivity contribution >= 4 is 34.8 Å². The lowest BCUT2D eigenvalue weighted by Crippen LogP contribution is -2.42. The summed E-state index contributed by atoms with van der Waals surface area (Å²) in [5, 5.41) is 4.45. The number of ether oxygens (including phenoxy) is 1. The summed E-state index contributed by atoms with van der Waals surface area (Å²) >= 11 is 1.25. The summed E-state index contributed by atoms with van der Waals surface area (Å²) in [6.07, 6.45) is 5.72. The molecule has 27 heavy (non-hydrogen) atoms. The van der Waals surface area contributed by atoms with E-state index in [9.17, 15) is 14.4 Å². The number of amides is 2. The molecule has 0 aromatic carbocycles. The highest BCUT2D eigenvalue weighted by Crippen LogP contribution is 2.27. The van der Waals surface area contributed by atoms with Gasteiger partial charge in [-0.25, -0.2) is 4.98 Å². The Hall–Kier alpha value is -2.81. The number of hydrogen-bond donors (Lipinski definition) is 1. The minimum atomic E-state index is -0.432. The van der Waals surface area contributed by atoms with Crippen LogP contribution >= 0.6 is 11.3 Å². The third-order valence-corrected chi connectivity index (χ3v) is 5.13. The molecule has 1 saturated heterocycles. The summed E-state index contributed by atoms with van der Waals surface area (Å²) in [5.74, 6) is -1.20. The lowest BCUT2D eigenvalue weighted by atomic mass is 9.98. The van der Waals surface area contributed by atoms with Gasteiger partial charge < -0.3 is 15.0 Å². The van der Waals surface area contributed by atoms with E-state index in [1.807, 2.05) is 0 Å². The molecule has 0 bridgehead atoms. The molecule has 0 spiro atoms. The van der Waals surface area contributed by atoms with Gasteiger partial charge in [-0.3, -0.25) is 19.4 Å². The molecule has 0 saturated carbocycles. The quantitative estimate of drug-likeness (QED) is 0.788. The van der Waals surface area contributed by atoms with Crippen LogP contribution in [0.25, 0.3) is 0 Å². The average Bonchev–Trinajstić information content (AvgIpc) is 3.16. The SMILES string of the molecule is CCOC(=O)C1CCCN(C(=O)c2sccc2NC(=O)c2cnccn2)C1. The van der Waals surface area contributed by atoms with Crippen molar-refractivity contribution in [3.8, 4) is 0 Å². The van der Waals surface area contributed by atoms with E-state index in [-0.39, 0.29) is 23.5 Å². The fourth-order valence-corrected chi connectivity index (χ4v) is 3.75. The molecular weight excluding hydrogens is 368 g/mol. The molecule has 8 nitrogen and oxygen atoms in total. The van der Waals surface area contributed by atoms with Gasteiger partial charge in [-0.2, -0.15) is 0 Å². The molecule has 3 heterocycles. The number of carbonyl (C=O) groups excluding carboxylic acids is 3. The van der Waals surface area contributed by atoms with Crippen LogP contribution in [0.1, 0.15) is 39.9 Å². The highest BCUT2D eigenvalue weighted by atomic mass is 32.1. The van der Waals surface area contributed by atoms with Crippen molar-refractivity contribution in [2.75, 3.05) is 25.0 Å². The second-order valence-electron chi connectivity index (χ2n) is 6.05. The van der Waals surface area contributed by atoms with Crippen molar-refractivity contribution in [3.05, 3.63) is 40.6 Å². The molecule has 0 radical (unpaired) electrons. The van der Waals surface area contributed by atoms with Gasteiger partial charge in [0.2, 0.25) is 0 Å². The van der Waals surface area contributed by atoms with E-state index in [0.29, 0.717) is 36.7 Å². The van der Waals surface area contributed by atoms with Crippen molar-refractivity contribution < 1.29 is 19.1 Å². The number of rotatable bonds is 5. The molecule has 1 aliphatic heterocycles. The molecule has 9 heteroatoms. The number of carbonyl (C=O) groups is 3. The molecule has 2 aromatic heterocycles. The zero-order valence-corrected chi connectivity index (χ0v) is 15.7. The Morgan fingerprint density at radius 3 is 2.96 bits per heavy atom. The highest BCUT2D eigenvalue weighted by molar-refractivity contribution is 7.12. The topological polar surface area (TPSA) is 101 Å². The largest absolute Gasteiger partial charge is 0.466 e. The first-order valence-corrected chi connectivity index (χ1v) is 9.59. The smallest absolute Gasteiger partial charge is 0.310 e. The van der Waals surface area contributed by atoms with Gasteiger partial charge in [0.05, 0.1) is 24.4 Å². The minimum Gasteiger partial charge on any atom is -0.466 e. The number of piperidine rings is 1. The van der Waals surface area contributed by atoms with E-state index in [1.54, 1.807) is 23.3 Å². The number of thiophene rings is 1. The monoisotopic (exact) mass is 388 g/mol. The zero-order valence-electron chi connectivity index (χ0n) is 14.9. The number of anilines is 1. The Morgan fingerprint density at radius 2 is 2.22 bits per heavy atom.